The number of rotatable bonds is 13. The molecule has 3 saturated heterocycles. The monoisotopic (exact) mass is 611 g/mol. The van der Waals surface area contributed by atoms with Crippen molar-refractivity contribution in [2.45, 2.75) is 87.6 Å². The van der Waals surface area contributed by atoms with Crippen molar-refractivity contribution >= 4 is 39.6 Å². The molecular weight excluding hydrogens is 570 g/mol. The van der Waals surface area contributed by atoms with Gasteiger partial charge in [0.2, 0.25) is 17.7 Å². The Kier molecular flexibility index (Phi) is 10.0. The van der Waals surface area contributed by atoms with Crippen molar-refractivity contribution in [3.63, 3.8) is 0 Å². The number of amides is 3. The molecule has 2 bridgehead atoms. The van der Waals surface area contributed by atoms with Crippen LogP contribution < -0.4 is 5.32 Å². The van der Waals surface area contributed by atoms with Crippen LogP contribution in [0.2, 0.25) is 0 Å². The number of likely N-dealkylation sites (tertiary alicyclic amines) is 1. The highest BCUT2D eigenvalue weighted by molar-refractivity contribution is 9.09. The van der Waals surface area contributed by atoms with E-state index in [2.05, 4.69) is 34.4 Å². The SMILES string of the molecule is C=CCCC(=O)NC[C@H](C)OC(=O)[C@H]1[C@@H]2O[C@@]3(CC2Br)[C@@H]1C(=O)N(CCCO)[C@@H]3C(=O)N(CC=C)C(C)(C)C. The fourth-order valence-corrected chi connectivity index (χ4v) is 6.97. The number of hydrogen-bond donors (Lipinski definition) is 2. The van der Waals surface area contributed by atoms with E-state index in [0.29, 0.717) is 19.3 Å². The summed E-state index contributed by atoms with van der Waals surface area (Å²) >= 11 is 3.64. The van der Waals surface area contributed by atoms with Crippen molar-refractivity contribution in [2.75, 3.05) is 26.2 Å². The molecule has 3 fully saturated rings. The fourth-order valence-electron chi connectivity index (χ4n) is 6.03. The van der Waals surface area contributed by atoms with Crippen LogP contribution in [0.15, 0.2) is 25.3 Å². The highest BCUT2D eigenvalue weighted by Crippen LogP contribution is 2.60. The second-order valence-electron chi connectivity index (χ2n) is 11.6. The molecule has 0 aromatic heterocycles. The predicted molar refractivity (Wildman–Crippen MR) is 149 cm³/mol. The van der Waals surface area contributed by atoms with Gasteiger partial charge in [-0.15, -0.1) is 13.2 Å². The van der Waals surface area contributed by atoms with Crippen molar-refractivity contribution in [1.29, 1.82) is 0 Å². The first-order chi connectivity index (χ1) is 18.3. The summed E-state index contributed by atoms with van der Waals surface area (Å²) in [5.74, 6) is -3.19. The number of alkyl halides is 1. The molecule has 0 aromatic carbocycles. The van der Waals surface area contributed by atoms with E-state index in [0.717, 1.165) is 0 Å². The number of hydrogen-bond acceptors (Lipinski definition) is 7. The summed E-state index contributed by atoms with van der Waals surface area (Å²) in [6.45, 7) is 15.2. The molecule has 0 aliphatic carbocycles. The molecule has 7 atom stereocenters. The zero-order valence-corrected chi connectivity index (χ0v) is 24.9. The highest BCUT2D eigenvalue weighted by atomic mass is 79.9. The Morgan fingerprint density at radius 2 is 2.03 bits per heavy atom. The number of nitrogens with zero attached hydrogens (tertiary/aromatic N) is 2. The number of aliphatic hydroxyl groups excluding tert-OH is 1. The summed E-state index contributed by atoms with van der Waals surface area (Å²) in [6, 6.07) is -0.954. The lowest BCUT2D eigenvalue weighted by Gasteiger charge is -2.42. The minimum atomic E-state index is -1.21. The van der Waals surface area contributed by atoms with Crippen LogP contribution in [0, 0.1) is 11.8 Å². The third-order valence-electron chi connectivity index (χ3n) is 7.72. The quantitative estimate of drug-likeness (QED) is 0.185. The van der Waals surface area contributed by atoms with Crippen LogP contribution in [0.5, 0.6) is 0 Å². The van der Waals surface area contributed by atoms with Gasteiger partial charge < -0.3 is 29.7 Å². The van der Waals surface area contributed by atoms with Gasteiger partial charge in [0.05, 0.1) is 24.5 Å². The van der Waals surface area contributed by atoms with Crippen LogP contribution in [-0.2, 0) is 28.7 Å². The Balaban J connectivity index is 1.89. The van der Waals surface area contributed by atoms with Gasteiger partial charge in [-0.25, -0.2) is 0 Å². The van der Waals surface area contributed by atoms with E-state index in [1.54, 1.807) is 24.0 Å². The molecule has 0 aromatic rings. The molecule has 3 aliphatic heterocycles. The average Bonchev–Trinajstić information content (AvgIpc) is 3.45. The summed E-state index contributed by atoms with van der Waals surface area (Å²) in [7, 11) is 0. The standard InChI is InChI=1S/C28H42BrN3O7/c1-7-9-11-19(34)30-16-17(3)38-26(37)20-21-24(35)31(13-10-14-33)23(28(21)15-18(29)22(20)39-28)25(36)32(12-8-2)27(4,5)6/h7-8,17-18,20-23,33H,1-2,9-16H2,3-6H3,(H,30,34)/t17-,18?,20+,21-,22+,23+,28-/m0/s1. The van der Waals surface area contributed by atoms with Crippen LogP contribution in [0.3, 0.4) is 0 Å². The van der Waals surface area contributed by atoms with Gasteiger partial charge in [0.15, 0.2) is 0 Å². The number of esters is 1. The number of ether oxygens (including phenoxy) is 2. The lowest BCUT2D eigenvalue weighted by atomic mass is 9.70. The number of carbonyl (C=O) groups is 4. The number of halogens is 1. The van der Waals surface area contributed by atoms with Gasteiger partial charge >= 0.3 is 5.97 Å². The van der Waals surface area contributed by atoms with E-state index in [4.69, 9.17) is 9.47 Å². The first-order valence-corrected chi connectivity index (χ1v) is 14.5. The topological polar surface area (TPSA) is 125 Å². The summed E-state index contributed by atoms with van der Waals surface area (Å²) in [5.41, 5.74) is -1.76. The molecular formula is C28H42BrN3O7. The van der Waals surface area contributed by atoms with Crippen LogP contribution in [-0.4, -0.2) is 99.1 Å². The van der Waals surface area contributed by atoms with E-state index in [9.17, 15) is 24.3 Å². The summed E-state index contributed by atoms with van der Waals surface area (Å²) in [5, 5.41) is 12.3. The molecule has 11 heteroatoms. The number of fused-ring (bicyclic) bond motifs is 1. The van der Waals surface area contributed by atoms with Crippen molar-refractivity contribution in [3.8, 4) is 0 Å². The van der Waals surface area contributed by atoms with Gasteiger partial charge in [0.1, 0.15) is 17.7 Å². The van der Waals surface area contributed by atoms with Gasteiger partial charge in [-0.05, 0) is 47.0 Å². The van der Waals surface area contributed by atoms with Gasteiger partial charge in [-0.3, -0.25) is 19.2 Å². The normalized spacial score (nSPS) is 30.1. The Morgan fingerprint density at radius 1 is 1.33 bits per heavy atom. The second-order valence-corrected chi connectivity index (χ2v) is 12.7. The van der Waals surface area contributed by atoms with E-state index in [1.807, 2.05) is 20.8 Å². The lowest BCUT2D eigenvalue weighted by molar-refractivity contribution is -0.159. The molecule has 1 unspecified atom stereocenters. The fraction of sp³-hybridized carbons (Fsp3) is 0.714. The number of allylic oxidation sites excluding steroid dienone is 1. The Bertz CT molecular complexity index is 983. The molecule has 3 amide bonds. The van der Waals surface area contributed by atoms with Crippen LogP contribution in [0.1, 0.15) is 53.4 Å². The summed E-state index contributed by atoms with van der Waals surface area (Å²) in [4.78, 5) is 56.5. The van der Waals surface area contributed by atoms with Crippen molar-refractivity contribution < 1.29 is 33.8 Å². The molecule has 3 aliphatic rings. The Morgan fingerprint density at radius 3 is 2.62 bits per heavy atom. The van der Waals surface area contributed by atoms with Gasteiger partial charge in [0.25, 0.3) is 0 Å². The maximum atomic E-state index is 14.2. The van der Waals surface area contributed by atoms with Crippen molar-refractivity contribution in [2.24, 2.45) is 11.8 Å². The molecule has 10 nitrogen and oxygen atoms in total. The van der Waals surface area contributed by atoms with E-state index in [-0.39, 0.29) is 55.2 Å². The number of aliphatic hydroxyl groups is 1. The molecule has 0 saturated carbocycles. The predicted octanol–water partition coefficient (Wildman–Crippen LogP) is 1.94. The maximum absolute atomic E-state index is 14.2. The van der Waals surface area contributed by atoms with E-state index in [1.165, 1.54) is 4.90 Å². The zero-order valence-electron chi connectivity index (χ0n) is 23.4. The Hall–Kier alpha value is -2.24. The van der Waals surface area contributed by atoms with Crippen LogP contribution in [0.25, 0.3) is 0 Å². The Labute approximate surface area is 239 Å². The second kappa shape index (κ2) is 12.5. The van der Waals surface area contributed by atoms with Crippen molar-refractivity contribution in [1.82, 2.24) is 15.1 Å². The minimum absolute atomic E-state index is 0.132. The lowest BCUT2D eigenvalue weighted by Crippen LogP contribution is -2.60. The van der Waals surface area contributed by atoms with Gasteiger partial charge in [0, 0.05) is 36.5 Å². The maximum Gasteiger partial charge on any atom is 0.312 e. The first kappa shape index (κ1) is 31.3. The average molecular weight is 613 g/mol. The summed E-state index contributed by atoms with van der Waals surface area (Å²) in [6.07, 6.45) is 3.54. The smallest absolute Gasteiger partial charge is 0.312 e. The molecule has 3 heterocycles. The van der Waals surface area contributed by atoms with Crippen LogP contribution >= 0.6 is 15.9 Å². The molecule has 3 rings (SSSR count). The number of nitrogens with one attached hydrogen (secondary N) is 1. The highest BCUT2D eigenvalue weighted by Gasteiger charge is 2.77. The van der Waals surface area contributed by atoms with Gasteiger partial charge in [-0.1, -0.05) is 28.1 Å². The third-order valence-corrected chi connectivity index (χ3v) is 8.56. The molecule has 39 heavy (non-hydrogen) atoms. The minimum Gasteiger partial charge on any atom is -0.460 e. The van der Waals surface area contributed by atoms with E-state index < -0.39 is 47.2 Å². The zero-order chi connectivity index (χ0) is 29.1. The third kappa shape index (κ3) is 6.10. The molecule has 1 spiro atoms. The number of carbonyl (C=O) groups excluding carboxylic acids is 4. The van der Waals surface area contributed by atoms with Crippen LogP contribution in [0.4, 0.5) is 0 Å². The first-order valence-electron chi connectivity index (χ1n) is 13.6. The van der Waals surface area contributed by atoms with Gasteiger partial charge in [-0.2, -0.15) is 0 Å². The molecule has 0 radical (unpaired) electrons. The largest absolute Gasteiger partial charge is 0.460 e. The van der Waals surface area contributed by atoms with Crippen molar-refractivity contribution in [3.05, 3.63) is 25.3 Å². The molecule has 2 N–H and O–H groups in total. The summed E-state index contributed by atoms with van der Waals surface area (Å²) < 4.78 is 12.2. The van der Waals surface area contributed by atoms with E-state index >= 15 is 0 Å². The molecule has 218 valence electrons.